The Morgan fingerprint density at radius 1 is 1.19 bits per heavy atom. The van der Waals surface area contributed by atoms with Gasteiger partial charge in [0.25, 0.3) is 0 Å². The number of fused-ring (bicyclic) bond motifs is 1. The molecular weight excluding hydrogens is 200 g/mol. The molecule has 4 nitrogen and oxygen atoms in total. The summed E-state index contributed by atoms with van der Waals surface area (Å²) < 4.78 is 1.89. The molecule has 2 aromatic rings. The van der Waals surface area contributed by atoms with Crippen molar-refractivity contribution in [1.29, 1.82) is 0 Å². The lowest BCUT2D eigenvalue weighted by Gasteiger charge is -2.22. The molecule has 0 aromatic carbocycles. The van der Waals surface area contributed by atoms with Crippen LogP contribution in [0, 0.1) is 0 Å². The van der Waals surface area contributed by atoms with Gasteiger partial charge in [-0.25, -0.2) is 4.98 Å². The van der Waals surface area contributed by atoms with Crippen molar-refractivity contribution >= 4 is 11.5 Å². The first-order valence-corrected chi connectivity index (χ1v) is 5.42. The van der Waals surface area contributed by atoms with Gasteiger partial charge in [-0.05, 0) is 11.5 Å². The largest absolute Gasteiger partial charge is 0.362 e. The van der Waals surface area contributed by atoms with E-state index < -0.39 is 0 Å². The van der Waals surface area contributed by atoms with Crippen molar-refractivity contribution < 1.29 is 0 Å². The molecule has 0 aliphatic rings. The minimum absolute atomic E-state index is 0.0922. The highest BCUT2D eigenvalue weighted by Gasteiger charge is 2.23. The molecule has 0 saturated heterocycles. The van der Waals surface area contributed by atoms with Gasteiger partial charge < -0.3 is 4.90 Å². The predicted molar refractivity (Wildman–Crippen MR) is 66.0 cm³/mol. The van der Waals surface area contributed by atoms with Gasteiger partial charge in [-0.2, -0.15) is 9.61 Å². The number of hydrogen-bond donors (Lipinski definition) is 0. The van der Waals surface area contributed by atoms with Crippen LogP contribution in [0.1, 0.15) is 26.3 Å². The third kappa shape index (κ3) is 1.64. The molecule has 0 bridgehead atoms. The zero-order valence-corrected chi connectivity index (χ0v) is 10.5. The number of anilines is 1. The van der Waals surface area contributed by atoms with Gasteiger partial charge in [-0.15, -0.1) is 0 Å². The van der Waals surface area contributed by atoms with E-state index in [1.165, 1.54) is 5.56 Å². The van der Waals surface area contributed by atoms with E-state index in [4.69, 9.17) is 0 Å². The lowest BCUT2D eigenvalue weighted by Crippen LogP contribution is -2.19. The van der Waals surface area contributed by atoms with Crippen molar-refractivity contribution in [3.05, 3.63) is 24.0 Å². The molecule has 0 aliphatic carbocycles. The summed E-state index contributed by atoms with van der Waals surface area (Å²) in [5, 5.41) is 4.35. The summed E-state index contributed by atoms with van der Waals surface area (Å²) in [6, 6.07) is 2.11. The SMILES string of the molecule is CN(C)c1c(C(C)(C)C)cc2nccnn12. The maximum atomic E-state index is 4.35. The van der Waals surface area contributed by atoms with E-state index in [0.717, 1.165) is 11.5 Å². The molecule has 2 rings (SSSR count). The van der Waals surface area contributed by atoms with Crippen molar-refractivity contribution in [2.75, 3.05) is 19.0 Å². The van der Waals surface area contributed by atoms with Crippen molar-refractivity contribution in [1.82, 2.24) is 14.6 Å². The average Bonchev–Trinajstić information content (AvgIpc) is 2.55. The topological polar surface area (TPSA) is 33.4 Å². The van der Waals surface area contributed by atoms with E-state index in [9.17, 15) is 0 Å². The van der Waals surface area contributed by atoms with Crippen LogP contribution < -0.4 is 4.90 Å². The lowest BCUT2D eigenvalue weighted by atomic mass is 9.88. The second-order valence-electron chi connectivity index (χ2n) is 5.24. The molecule has 0 saturated carbocycles. The Hall–Kier alpha value is -1.58. The van der Waals surface area contributed by atoms with Gasteiger partial charge in [0.15, 0.2) is 5.65 Å². The normalized spacial score (nSPS) is 12.1. The Kier molecular flexibility index (Phi) is 2.37. The smallest absolute Gasteiger partial charge is 0.156 e. The molecule has 0 atom stereocenters. The molecule has 0 unspecified atom stereocenters. The molecule has 0 fully saturated rings. The Morgan fingerprint density at radius 3 is 2.44 bits per heavy atom. The number of nitrogens with zero attached hydrogens (tertiary/aromatic N) is 4. The van der Waals surface area contributed by atoms with E-state index in [2.05, 4.69) is 41.8 Å². The summed E-state index contributed by atoms with van der Waals surface area (Å²) in [6.07, 6.45) is 3.44. The molecule has 2 heterocycles. The van der Waals surface area contributed by atoms with Crippen LogP contribution in [0.15, 0.2) is 18.5 Å². The zero-order chi connectivity index (χ0) is 11.9. The maximum absolute atomic E-state index is 4.35. The van der Waals surface area contributed by atoms with Crippen molar-refractivity contribution in [3.63, 3.8) is 0 Å². The molecule has 0 spiro atoms. The van der Waals surface area contributed by atoms with Gasteiger partial charge in [0.1, 0.15) is 5.82 Å². The minimum Gasteiger partial charge on any atom is -0.362 e. The number of hydrogen-bond acceptors (Lipinski definition) is 3. The molecular formula is C12H18N4. The van der Waals surface area contributed by atoms with Crippen LogP contribution in [0.25, 0.3) is 5.65 Å². The fraction of sp³-hybridized carbons (Fsp3) is 0.500. The summed E-state index contributed by atoms with van der Waals surface area (Å²) >= 11 is 0. The van der Waals surface area contributed by atoms with Gasteiger partial charge in [0.2, 0.25) is 0 Å². The first kappa shape index (κ1) is 10.9. The van der Waals surface area contributed by atoms with Crippen molar-refractivity contribution in [3.8, 4) is 0 Å². The van der Waals surface area contributed by atoms with E-state index in [1.54, 1.807) is 12.4 Å². The summed E-state index contributed by atoms with van der Waals surface area (Å²) in [4.78, 5) is 6.42. The van der Waals surface area contributed by atoms with Crippen LogP contribution in [-0.4, -0.2) is 28.7 Å². The van der Waals surface area contributed by atoms with Crippen LogP contribution in [0.2, 0.25) is 0 Å². The highest BCUT2D eigenvalue weighted by molar-refractivity contribution is 5.61. The minimum atomic E-state index is 0.0922. The Balaban J connectivity index is 2.78. The standard InChI is InChI=1S/C12H18N4/c1-12(2,3)9-8-10-13-6-7-14-16(10)11(9)15(4)5/h6-8H,1-5H3. The van der Waals surface area contributed by atoms with E-state index in [0.29, 0.717) is 0 Å². The van der Waals surface area contributed by atoms with Gasteiger partial charge in [-0.3, -0.25) is 0 Å². The molecule has 0 aliphatic heterocycles. The fourth-order valence-electron chi connectivity index (χ4n) is 1.87. The fourth-order valence-corrected chi connectivity index (χ4v) is 1.87. The summed E-state index contributed by atoms with van der Waals surface area (Å²) in [6.45, 7) is 6.61. The Bertz CT molecular complexity index is 505. The second kappa shape index (κ2) is 3.47. The maximum Gasteiger partial charge on any atom is 0.156 e. The highest BCUT2D eigenvalue weighted by Crippen LogP contribution is 2.32. The van der Waals surface area contributed by atoms with Crippen LogP contribution in [0.3, 0.4) is 0 Å². The molecule has 4 heteroatoms. The number of rotatable bonds is 1. The zero-order valence-electron chi connectivity index (χ0n) is 10.5. The van der Waals surface area contributed by atoms with Crippen molar-refractivity contribution in [2.24, 2.45) is 0 Å². The molecule has 0 amide bonds. The van der Waals surface area contributed by atoms with Crippen LogP contribution in [0.4, 0.5) is 5.82 Å². The molecule has 16 heavy (non-hydrogen) atoms. The van der Waals surface area contributed by atoms with Crippen LogP contribution in [0.5, 0.6) is 0 Å². The summed E-state index contributed by atoms with van der Waals surface area (Å²) in [7, 11) is 4.07. The average molecular weight is 218 g/mol. The van der Waals surface area contributed by atoms with Crippen LogP contribution >= 0.6 is 0 Å². The highest BCUT2D eigenvalue weighted by atomic mass is 15.3. The Morgan fingerprint density at radius 2 is 1.88 bits per heavy atom. The monoisotopic (exact) mass is 218 g/mol. The van der Waals surface area contributed by atoms with E-state index in [1.807, 2.05) is 18.6 Å². The molecule has 0 radical (unpaired) electrons. The van der Waals surface area contributed by atoms with Crippen molar-refractivity contribution in [2.45, 2.75) is 26.2 Å². The second-order valence-corrected chi connectivity index (χ2v) is 5.24. The Labute approximate surface area is 95.9 Å². The van der Waals surface area contributed by atoms with Gasteiger partial charge in [0, 0.05) is 25.9 Å². The predicted octanol–water partition coefficient (Wildman–Crippen LogP) is 2.09. The molecule has 0 N–H and O–H groups in total. The third-order valence-electron chi connectivity index (χ3n) is 2.62. The molecule has 2 aromatic heterocycles. The number of aromatic nitrogens is 3. The van der Waals surface area contributed by atoms with Gasteiger partial charge in [0.05, 0.1) is 6.20 Å². The first-order valence-electron chi connectivity index (χ1n) is 5.42. The first-order chi connectivity index (χ1) is 7.41. The lowest BCUT2D eigenvalue weighted by molar-refractivity contribution is 0.589. The summed E-state index contributed by atoms with van der Waals surface area (Å²) in [5.41, 5.74) is 2.26. The van der Waals surface area contributed by atoms with Gasteiger partial charge >= 0.3 is 0 Å². The van der Waals surface area contributed by atoms with E-state index in [-0.39, 0.29) is 5.41 Å². The van der Waals surface area contributed by atoms with Gasteiger partial charge in [-0.1, -0.05) is 20.8 Å². The molecule has 86 valence electrons. The third-order valence-corrected chi connectivity index (χ3v) is 2.62. The van der Waals surface area contributed by atoms with E-state index >= 15 is 0 Å². The quantitative estimate of drug-likeness (QED) is 0.735. The summed E-state index contributed by atoms with van der Waals surface area (Å²) in [5.74, 6) is 1.11. The van der Waals surface area contributed by atoms with Crippen LogP contribution in [-0.2, 0) is 5.41 Å².